The Bertz CT molecular complexity index is 1230. The standard InChI is InChI=1S/C26H23ClN2O4S/c1-3-32-20-11-9-19(10-12-20)28-26-29-25(30)23(34-26)15-18-13-21(27)24(22(14-18)31-2)33-16-17-7-5-4-6-8-17/h4-15H,3,16H2,1-2H3,(H,28,29,30)/b23-15+. The van der Waals surface area contributed by atoms with Crippen LogP contribution in [-0.2, 0) is 11.4 Å². The smallest absolute Gasteiger partial charge is 0.264 e. The van der Waals surface area contributed by atoms with Gasteiger partial charge in [0.05, 0.1) is 29.3 Å². The molecule has 174 valence electrons. The molecule has 1 aliphatic rings. The summed E-state index contributed by atoms with van der Waals surface area (Å²) in [6, 6.07) is 20.7. The van der Waals surface area contributed by atoms with Crippen molar-refractivity contribution in [3.63, 3.8) is 0 Å². The molecule has 1 fully saturated rings. The van der Waals surface area contributed by atoms with Crippen molar-refractivity contribution in [1.82, 2.24) is 5.32 Å². The van der Waals surface area contributed by atoms with Gasteiger partial charge < -0.3 is 19.5 Å². The maximum atomic E-state index is 12.5. The lowest BCUT2D eigenvalue weighted by atomic mass is 10.1. The minimum atomic E-state index is -0.228. The number of rotatable bonds is 8. The van der Waals surface area contributed by atoms with Crippen LogP contribution in [0, 0.1) is 0 Å². The third-order valence-corrected chi connectivity index (χ3v) is 6.00. The van der Waals surface area contributed by atoms with Crippen molar-refractivity contribution in [3.8, 4) is 17.2 Å². The summed E-state index contributed by atoms with van der Waals surface area (Å²) in [7, 11) is 1.55. The van der Waals surface area contributed by atoms with Crippen LogP contribution >= 0.6 is 23.4 Å². The number of nitrogens with one attached hydrogen (secondary N) is 1. The molecule has 0 unspecified atom stereocenters. The zero-order valence-electron chi connectivity index (χ0n) is 18.7. The predicted octanol–water partition coefficient (Wildman–Crippen LogP) is 6.22. The highest BCUT2D eigenvalue weighted by Gasteiger charge is 2.24. The first kappa shape index (κ1) is 23.7. The van der Waals surface area contributed by atoms with Crippen LogP contribution in [0.2, 0.25) is 5.02 Å². The molecular weight excluding hydrogens is 472 g/mol. The summed E-state index contributed by atoms with van der Waals surface area (Å²) in [5.74, 6) is 1.49. The Morgan fingerprint density at radius 3 is 2.53 bits per heavy atom. The summed E-state index contributed by atoms with van der Waals surface area (Å²) in [5.41, 5.74) is 2.45. The Morgan fingerprint density at radius 1 is 1.06 bits per heavy atom. The number of ether oxygens (including phenoxy) is 3. The number of hydrogen-bond donors (Lipinski definition) is 1. The summed E-state index contributed by atoms with van der Waals surface area (Å²) in [5, 5.41) is 3.69. The lowest BCUT2D eigenvalue weighted by Crippen LogP contribution is -2.19. The summed E-state index contributed by atoms with van der Waals surface area (Å²) >= 11 is 7.75. The average molecular weight is 495 g/mol. The molecule has 0 atom stereocenters. The Kier molecular flexibility index (Phi) is 7.77. The predicted molar refractivity (Wildman–Crippen MR) is 137 cm³/mol. The van der Waals surface area contributed by atoms with Gasteiger partial charge in [0.2, 0.25) is 0 Å². The van der Waals surface area contributed by atoms with E-state index in [-0.39, 0.29) is 5.91 Å². The SMILES string of the molecule is CCOc1ccc(N=C2NC(=O)/C(=C\c3cc(Cl)c(OCc4ccccc4)c(OC)c3)S2)cc1. The first-order valence-electron chi connectivity index (χ1n) is 10.6. The van der Waals surface area contributed by atoms with Crippen molar-refractivity contribution in [1.29, 1.82) is 0 Å². The highest BCUT2D eigenvalue weighted by molar-refractivity contribution is 8.18. The van der Waals surface area contributed by atoms with Crippen molar-refractivity contribution in [2.24, 2.45) is 4.99 Å². The van der Waals surface area contributed by atoms with Gasteiger partial charge in [0, 0.05) is 0 Å². The van der Waals surface area contributed by atoms with Gasteiger partial charge in [-0.1, -0.05) is 41.9 Å². The fourth-order valence-electron chi connectivity index (χ4n) is 3.23. The number of benzene rings is 3. The monoisotopic (exact) mass is 494 g/mol. The molecule has 3 aromatic rings. The molecule has 3 aromatic carbocycles. The highest BCUT2D eigenvalue weighted by atomic mass is 35.5. The topological polar surface area (TPSA) is 69.2 Å². The van der Waals surface area contributed by atoms with Gasteiger partial charge in [-0.25, -0.2) is 4.99 Å². The van der Waals surface area contributed by atoms with E-state index in [0.29, 0.717) is 45.4 Å². The zero-order valence-corrected chi connectivity index (χ0v) is 20.3. The van der Waals surface area contributed by atoms with Crippen molar-refractivity contribution in [2.75, 3.05) is 13.7 Å². The molecule has 0 bridgehead atoms. The van der Waals surface area contributed by atoms with Crippen molar-refractivity contribution >= 4 is 46.2 Å². The second-order valence-corrected chi connectivity index (χ2v) is 8.65. The first-order valence-corrected chi connectivity index (χ1v) is 11.8. The average Bonchev–Trinajstić information content (AvgIpc) is 3.18. The van der Waals surface area contributed by atoms with E-state index in [1.807, 2.05) is 61.5 Å². The van der Waals surface area contributed by atoms with E-state index in [1.54, 1.807) is 25.3 Å². The molecule has 1 heterocycles. The number of nitrogens with zero attached hydrogens (tertiary/aromatic N) is 1. The normalized spacial score (nSPS) is 15.4. The van der Waals surface area contributed by atoms with E-state index in [1.165, 1.54) is 11.8 Å². The number of amides is 1. The molecular formula is C26H23ClN2O4S. The Labute approximate surface area is 207 Å². The fourth-order valence-corrected chi connectivity index (χ4v) is 4.34. The Hall–Kier alpha value is -3.42. The summed E-state index contributed by atoms with van der Waals surface area (Å²) < 4.78 is 16.8. The molecule has 0 aliphatic carbocycles. The molecule has 0 radical (unpaired) electrons. The molecule has 4 rings (SSSR count). The lowest BCUT2D eigenvalue weighted by Gasteiger charge is -2.13. The third kappa shape index (κ3) is 5.92. The van der Waals surface area contributed by atoms with E-state index in [4.69, 9.17) is 25.8 Å². The van der Waals surface area contributed by atoms with Crippen LogP contribution in [0.3, 0.4) is 0 Å². The van der Waals surface area contributed by atoms with Gasteiger partial charge in [-0.05, 0) is 72.3 Å². The fraction of sp³-hybridized carbons (Fsp3) is 0.154. The summed E-state index contributed by atoms with van der Waals surface area (Å²) in [6.07, 6.45) is 1.75. The van der Waals surface area contributed by atoms with E-state index in [2.05, 4.69) is 10.3 Å². The van der Waals surface area contributed by atoms with Crippen LogP contribution in [0.25, 0.3) is 6.08 Å². The van der Waals surface area contributed by atoms with Crippen LogP contribution in [0.5, 0.6) is 17.2 Å². The lowest BCUT2D eigenvalue weighted by molar-refractivity contribution is -0.115. The molecule has 34 heavy (non-hydrogen) atoms. The summed E-state index contributed by atoms with van der Waals surface area (Å²) in [6.45, 7) is 2.89. The largest absolute Gasteiger partial charge is 0.494 e. The van der Waals surface area contributed by atoms with Gasteiger partial charge in [0.1, 0.15) is 12.4 Å². The van der Waals surface area contributed by atoms with Crippen molar-refractivity contribution < 1.29 is 19.0 Å². The minimum absolute atomic E-state index is 0.228. The number of halogens is 1. The number of aliphatic imine (C=N–C) groups is 1. The van der Waals surface area contributed by atoms with E-state index >= 15 is 0 Å². The third-order valence-electron chi connectivity index (χ3n) is 4.80. The Morgan fingerprint density at radius 2 is 1.82 bits per heavy atom. The summed E-state index contributed by atoms with van der Waals surface area (Å²) in [4.78, 5) is 17.5. The highest BCUT2D eigenvalue weighted by Crippen LogP contribution is 2.38. The van der Waals surface area contributed by atoms with Gasteiger partial charge in [-0.3, -0.25) is 4.79 Å². The van der Waals surface area contributed by atoms with E-state index < -0.39 is 0 Å². The number of carbonyl (C=O) groups excluding carboxylic acids is 1. The number of methoxy groups -OCH3 is 1. The molecule has 1 saturated heterocycles. The van der Waals surface area contributed by atoms with Gasteiger partial charge in [0.25, 0.3) is 5.91 Å². The van der Waals surface area contributed by atoms with Crippen LogP contribution in [-0.4, -0.2) is 24.8 Å². The van der Waals surface area contributed by atoms with Gasteiger partial charge in [-0.15, -0.1) is 0 Å². The van der Waals surface area contributed by atoms with Crippen LogP contribution in [0.4, 0.5) is 5.69 Å². The minimum Gasteiger partial charge on any atom is -0.494 e. The van der Waals surface area contributed by atoms with Crippen LogP contribution < -0.4 is 19.5 Å². The van der Waals surface area contributed by atoms with Crippen molar-refractivity contribution in [3.05, 3.63) is 87.8 Å². The maximum Gasteiger partial charge on any atom is 0.264 e. The molecule has 0 saturated carbocycles. The number of hydrogen-bond acceptors (Lipinski definition) is 6. The molecule has 1 N–H and O–H groups in total. The molecule has 6 nitrogen and oxygen atoms in total. The number of amidine groups is 1. The molecule has 0 spiro atoms. The quantitative estimate of drug-likeness (QED) is 0.376. The Balaban J connectivity index is 1.50. The van der Waals surface area contributed by atoms with Crippen molar-refractivity contribution in [2.45, 2.75) is 13.5 Å². The van der Waals surface area contributed by atoms with E-state index in [9.17, 15) is 4.79 Å². The first-order chi connectivity index (χ1) is 16.6. The van der Waals surface area contributed by atoms with Crippen LogP contribution in [0.1, 0.15) is 18.1 Å². The molecule has 1 amide bonds. The molecule has 8 heteroatoms. The zero-order chi connectivity index (χ0) is 23.9. The molecule has 0 aromatic heterocycles. The van der Waals surface area contributed by atoms with Crippen LogP contribution in [0.15, 0.2) is 76.6 Å². The van der Waals surface area contributed by atoms with E-state index in [0.717, 1.165) is 17.0 Å². The van der Waals surface area contributed by atoms with Gasteiger partial charge in [0.15, 0.2) is 16.7 Å². The molecule has 1 aliphatic heterocycles. The second kappa shape index (κ2) is 11.1. The second-order valence-electron chi connectivity index (χ2n) is 7.22. The van der Waals surface area contributed by atoms with Gasteiger partial charge >= 0.3 is 0 Å². The maximum absolute atomic E-state index is 12.5. The van der Waals surface area contributed by atoms with Gasteiger partial charge in [-0.2, -0.15) is 0 Å². The number of thioether (sulfide) groups is 1. The number of carbonyl (C=O) groups is 1.